The number of hydrogen-bond acceptors (Lipinski definition) is 6. The molecule has 4 aromatic carbocycles. The van der Waals surface area contributed by atoms with Crippen molar-refractivity contribution in [3.05, 3.63) is 126 Å². The van der Waals surface area contributed by atoms with Crippen molar-refractivity contribution in [2.75, 3.05) is 24.0 Å². The Morgan fingerprint density at radius 3 is 2.34 bits per heavy atom. The zero-order chi connectivity index (χ0) is 33.2. The van der Waals surface area contributed by atoms with E-state index in [0.717, 1.165) is 27.3 Å². The molecular weight excluding hydrogens is 607 g/mol. The van der Waals surface area contributed by atoms with Gasteiger partial charge in [-0.25, -0.2) is 14.5 Å². The molecular formula is C37H37N6O3P. The summed E-state index contributed by atoms with van der Waals surface area (Å²) in [5, 5.41) is 13.2. The lowest BCUT2D eigenvalue weighted by molar-refractivity contribution is 0.262. The van der Waals surface area contributed by atoms with Crippen molar-refractivity contribution in [1.82, 2.24) is 19.7 Å². The van der Waals surface area contributed by atoms with Gasteiger partial charge in [0, 0.05) is 46.2 Å². The first kappa shape index (κ1) is 31.7. The fourth-order valence-electron chi connectivity index (χ4n) is 5.15. The van der Waals surface area contributed by atoms with Crippen LogP contribution in [0.25, 0.3) is 16.5 Å². The average molecular weight is 645 g/mol. The molecule has 9 nitrogen and oxygen atoms in total. The van der Waals surface area contributed by atoms with Gasteiger partial charge in [-0.2, -0.15) is 10.1 Å². The lowest BCUT2D eigenvalue weighted by atomic mass is 9.92. The molecule has 6 rings (SSSR count). The lowest BCUT2D eigenvalue weighted by Gasteiger charge is -2.15. The molecule has 0 atom stereocenters. The number of rotatable bonds is 8. The number of ether oxygens (including phenoxy) is 1. The Hall–Kier alpha value is -5.27. The van der Waals surface area contributed by atoms with Gasteiger partial charge in [-0.15, -0.1) is 0 Å². The van der Waals surface area contributed by atoms with E-state index in [2.05, 4.69) is 41.4 Å². The van der Waals surface area contributed by atoms with E-state index in [1.165, 1.54) is 0 Å². The zero-order valence-electron chi connectivity index (χ0n) is 27.1. The van der Waals surface area contributed by atoms with Crippen LogP contribution < -0.4 is 20.7 Å². The van der Waals surface area contributed by atoms with Gasteiger partial charge in [-0.05, 0) is 43.2 Å². The Morgan fingerprint density at radius 2 is 1.60 bits per heavy atom. The molecule has 6 aromatic rings. The molecule has 0 aliphatic rings. The standard InChI is InChI=1S/C37H37N6O3P/c1-37(2,3)32-24-34(43(42-32)26-14-11-15-27(23-26)47(4,5)45)41-36(44)39-30-18-19-31(29-17-10-9-16-28(29)30)46-35-20-21-38-33(40-35)22-25-12-7-6-8-13-25/h6-21,23-24H,22H2,1-5H3,(H2,39,41,44). The van der Waals surface area contributed by atoms with E-state index in [-0.39, 0.29) is 5.41 Å². The van der Waals surface area contributed by atoms with Gasteiger partial charge in [0.25, 0.3) is 0 Å². The molecule has 2 heterocycles. The second kappa shape index (κ2) is 12.9. The lowest BCUT2D eigenvalue weighted by Crippen LogP contribution is -2.21. The monoisotopic (exact) mass is 644 g/mol. The van der Waals surface area contributed by atoms with Crippen LogP contribution in [0.5, 0.6) is 11.6 Å². The van der Waals surface area contributed by atoms with Crippen LogP contribution in [0.15, 0.2) is 109 Å². The third-order valence-electron chi connectivity index (χ3n) is 7.65. The van der Waals surface area contributed by atoms with Gasteiger partial charge < -0.3 is 14.6 Å². The number of benzene rings is 4. The first-order valence-electron chi connectivity index (χ1n) is 15.3. The maximum Gasteiger partial charge on any atom is 0.324 e. The number of urea groups is 1. The highest BCUT2D eigenvalue weighted by Crippen LogP contribution is 2.36. The highest BCUT2D eigenvalue weighted by Gasteiger charge is 2.23. The summed E-state index contributed by atoms with van der Waals surface area (Å²) in [6, 6.07) is 32.0. The quantitative estimate of drug-likeness (QED) is 0.161. The highest BCUT2D eigenvalue weighted by atomic mass is 31.2. The summed E-state index contributed by atoms with van der Waals surface area (Å²) >= 11 is 0. The second-order valence-electron chi connectivity index (χ2n) is 12.8. The van der Waals surface area contributed by atoms with Crippen LogP contribution in [0.3, 0.4) is 0 Å². The molecule has 2 N–H and O–H groups in total. The summed E-state index contributed by atoms with van der Waals surface area (Å²) in [6.45, 7) is 9.66. The predicted molar refractivity (Wildman–Crippen MR) is 189 cm³/mol. The smallest absolute Gasteiger partial charge is 0.324 e. The van der Waals surface area contributed by atoms with E-state index in [4.69, 9.17) is 9.84 Å². The third-order valence-corrected chi connectivity index (χ3v) is 9.17. The number of amides is 2. The number of carbonyl (C=O) groups excluding carboxylic acids is 1. The molecule has 0 aliphatic carbocycles. The van der Waals surface area contributed by atoms with Gasteiger partial charge in [0.15, 0.2) is 0 Å². The van der Waals surface area contributed by atoms with Gasteiger partial charge in [-0.3, -0.25) is 5.32 Å². The molecule has 2 aromatic heterocycles. The summed E-state index contributed by atoms with van der Waals surface area (Å²) in [6.07, 6.45) is 2.29. The summed E-state index contributed by atoms with van der Waals surface area (Å²) in [5.74, 6) is 2.19. The number of hydrogen-bond donors (Lipinski definition) is 2. The minimum absolute atomic E-state index is 0.265. The van der Waals surface area contributed by atoms with Gasteiger partial charge >= 0.3 is 6.03 Å². The fourth-order valence-corrected chi connectivity index (χ4v) is 6.03. The van der Waals surface area contributed by atoms with Crippen molar-refractivity contribution in [3.8, 4) is 17.3 Å². The molecule has 2 amide bonds. The van der Waals surface area contributed by atoms with Crippen LogP contribution >= 0.6 is 7.14 Å². The number of fused-ring (bicyclic) bond motifs is 1. The molecule has 238 valence electrons. The molecule has 0 spiro atoms. The SMILES string of the molecule is CC(C)(C)c1cc(NC(=O)Nc2ccc(Oc3ccnc(Cc4ccccc4)n3)c3ccccc23)n(-c2cccc(P(C)(C)=O)c2)n1. The Kier molecular flexibility index (Phi) is 8.67. The van der Waals surface area contributed by atoms with Crippen molar-refractivity contribution in [2.24, 2.45) is 0 Å². The van der Waals surface area contributed by atoms with Gasteiger partial charge in [0.2, 0.25) is 5.88 Å². The van der Waals surface area contributed by atoms with Crippen LogP contribution in [0, 0.1) is 0 Å². The molecule has 0 bridgehead atoms. The van der Waals surface area contributed by atoms with Crippen molar-refractivity contribution in [2.45, 2.75) is 32.6 Å². The predicted octanol–water partition coefficient (Wildman–Crippen LogP) is 8.39. The largest absolute Gasteiger partial charge is 0.438 e. The van der Waals surface area contributed by atoms with Gasteiger partial charge in [0.05, 0.1) is 17.1 Å². The first-order chi connectivity index (χ1) is 22.4. The molecule has 0 fully saturated rings. The normalized spacial score (nSPS) is 11.8. The number of nitrogens with one attached hydrogen (secondary N) is 2. The fraction of sp³-hybridized carbons (Fsp3) is 0.189. The summed E-state index contributed by atoms with van der Waals surface area (Å²) in [4.78, 5) is 22.5. The Morgan fingerprint density at radius 1 is 0.851 bits per heavy atom. The van der Waals surface area contributed by atoms with Crippen LogP contribution in [-0.4, -0.2) is 39.1 Å². The molecule has 0 saturated carbocycles. The number of carbonyl (C=O) groups is 1. The maximum absolute atomic E-state index is 13.5. The van der Waals surface area contributed by atoms with Crippen molar-refractivity contribution in [3.63, 3.8) is 0 Å². The van der Waals surface area contributed by atoms with E-state index < -0.39 is 13.2 Å². The minimum Gasteiger partial charge on any atom is -0.438 e. The second-order valence-corrected chi connectivity index (χ2v) is 16.0. The van der Waals surface area contributed by atoms with Gasteiger partial charge in [-0.1, -0.05) is 87.5 Å². The average Bonchev–Trinajstić information content (AvgIpc) is 3.47. The van der Waals surface area contributed by atoms with Crippen molar-refractivity contribution < 1.29 is 14.1 Å². The van der Waals surface area contributed by atoms with E-state index >= 15 is 0 Å². The molecule has 0 aliphatic heterocycles. The van der Waals surface area contributed by atoms with Gasteiger partial charge in [0.1, 0.15) is 24.5 Å². The molecule has 0 radical (unpaired) electrons. The van der Waals surface area contributed by atoms with Crippen LogP contribution in [0.2, 0.25) is 0 Å². The van der Waals surface area contributed by atoms with E-state index in [0.29, 0.717) is 41.1 Å². The molecule has 10 heteroatoms. The van der Waals surface area contributed by atoms with E-state index in [1.54, 1.807) is 30.3 Å². The van der Waals surface area contributed by atoms with E-state index in [9.17, 15) is 9.36 Å². The summed E-state index contributed by atoms with van der Waals surface area (Å²) in [7, 11) is -2.51. The van der Waals surface area contributed by atoms with Crippen LogP contribution in [0.1, 0.15) is 37.9 Å². The Balaban J connectivity index is 1.25. The van der Waals surface area contributed by atoms with Crippen molar-refractivity contribution >= 4 is 40.8 Å². The van der Waals surface area contributed by atoms with E-state index in [1.807, 2.05) is 97.1 Å². The van der Waals surface area contributed by atoms with Crippen molar-refractivity contribution in [1.29, 1.82) is 0 Å². The molecule has 47 heavy (non-hydrogen) atoms. The third kappa shape index (κ3) is 7.42. The number of aromatic nitrogens is 4. The zero-order valence-corrected chi connectivity index (χ0v) is 28.0. The minimum atomic E-state index is -2.51. The molecule has 0 unspecified atom stereocenters. The highest BCUT2D eigenvalue weighted by molar-refractivity contribution is 7.70. The number of nitrogens with zero attached hydrogens (tertiary/aromatic N) is 4. The maximum atomic E-state index is 13.5. The Labute approximate surface area is 274 Å². The summed E-state index contributed by atoms with van der Waals surface area (Å²) < 4.78 is 20.8. The van der Waals surface area contributed by atoms with Crippen LogP contribution in [-0.2, 0) is 16.4 Å². The Bertz CT molecular complexity index is 2110. The topological polar surface area (TPSA) is 111 Å². The first-order valence-corrected chi connectivity index (χ1v) is 17.9. The van der Waals surface area contributed by atoms with Crippen LogP contribution in [0.4, 0.5) is 16.3 Å². The number of anilines is 2. The molecule has 0 saturated heterocycles. The summed E-state index contributed by atoms with van der Waals surface area (Å²) in [5.41, 5.74) is 2.97.